The molecule has 1 heterocycles. The summed E-state index contributed by atoms with van der Waals surface area (Å²) in [6.07, 6.45) is 1.77. The van der Waals surface area contributed by atoms with Crippen molar-refractivity contribution in [3.63, 3.8) is 0 Å². The first-order valence-corrected chi connectivity index (χ1v) is 7.68. The van der Waals surface area contributed by atoms with E-state index in [-0.39, 0.29) is 5.97 Å². The molecule has 0 amide bonds. The number of benzene rings is 2. The summed E-state index contributed by atoms with van der Waals surface area (Å²) >= 11 is 0. The van der Waals surface area contributed by atoms with E-state index in [1.807, 2.05) is 6.07 Å². The van der Waals surface area contributed by atoms with E-state index in [1.165, 1.54) is 7.11 Å². The summed E-state index contributed by atoms with van der Waals surface area (Å²) in [5.74, 6) is 0.0804. The van der Waals surface area contributed by atoms with Gasteiger partial charge in [0.2, 0.25) is 5.89 Å². The van der Waals surface area contributed by atoms with E-state index in [0.29, 0.717) is 28.1 Å². The van der Waals surface area contributed by atoms with E-state index in [9.17, 15) is 4.79 Å². The van der Waals surface area contributed by atoms with Gasteiger partial charge in [-0.15, -0.1) is 0 Å². The van der Waals surface area contributed by atoms with E-state index in [0.717, 1.165) is 24.0 Å². The third-order valence-corrected chi connectivity index (χ3v) is 3.77. The van der Waals surface area contributed by atoms with Gasteiger partial charge in [0.1, 0.15) is 5.52 Å². The molecule has 5 nitrogen and oxygen atoms in total. The smallest absolute Gasteiger partial charge is 0.337 e. The lowest BCUT2D eigenvalue weighted by Crippen LogP contribution is -2.00. The molecule has 120 valence electrons. The number of methoxy groups -OCH3 is 1. The van der Waals surface area contributed by atoms with E-state index in [1.54, 1.807) is 30.3 Å². The second-order valence-corrected chi connectivity index (χ2v) is 5.43. The molecular formula is C19H16N2O3. The Morgan fingerprint density at radius 2 is 2.04 bits per heavy atom. The van der Waals surface area contributed by atoms with Gasteiger partial charge in [0.05, 0.1) is 24.3 Å². The van der Waals surface area contributed by atoms with Gasteiger partial charge in [-0.1, -0.05) is 13.3 Å². The van der Waals surface area contributed by atoms with Crippen molar-refractivity contribution in [1.82, 2.24) is 4.98 Å². The van der Waals surface area contributed by atoms with Gasteiger partial charge < -0.3 is 9.15 Å². The molecule has 0 aliphatic rings. The van der Waals surface area contributed by atoms with Crippen LogP contribution in [0.25, 0.3) is 22.6 Å². The minimum Gasteiger partial charge on any atom is -0.465 e. The Balaban J connectivity index is 2.06. The topological polar surface area (TPSA) is 76.1 Å². The molecule has 3 rings (SSSR count). The van der Waals surface area contributed by atoms with Crippen LogP contribution in [0.4, 0.5) is 0 Å². The van der Waals surface area contributed by atoms with Gasteiger partial charge in [-0.3, -0.25) is 0 Å². The third kappa shape index (κ3) is 2.86. The Labute approximate surface area is 139 Å². The number of carbonyl (C=O) groups is 1. The monoisotopic (exact) mass is 320 g/mol. The van der Waals surface area contributed by atoms with Crippen molar-refractivity contribution in [2.75, 3.05) is 7.11 Å². The van der Waals surface area contributed by atoms with Gasteiger partial charge in [-0.2, -0.15) is 5.26 Å². The average molecular weight is 320 g/mol. The summed E-state index contributed by atoms with van der Waals surface area (Å²) in [6, 6.07) is 12.6. The normalized spacial score (nSPS) is 10.5. The van der Waals surface area contributed by atoms with Crippen molar-refractivity contribution in [3.05, 3.63) is 53.1 Å². The molecule has 0 radical (unpaired) electrons. The molecule has 0 bridgehead atoms. The maximum Gasteiger partial charge on any atom is 0.337 e. The number of carbonyl (C=O) groups excluding carboxylic acids is 1. The predicted molar refractivity (Wildman–Crippen MR) is 89.5 cm³/mol. The van der Waals surface area contributed by atoms with Gasteiger partial charge >= 0.3 is 5.97 Å². The fraction of sp³-hybridized carbons (Fsp3) is 0.211. The first-order chi connectivity index (χ1) is 11.7. The van der Waals surface area contributed by atoms with Crippen molar-refractivity contribution < 1.29 is 13.9 Å². The third-order valence-electron chi connectivity index (χ3n) is 3.77. The lowest BCUT2D eigenvalue weighted by molar-refractivity contribution is 0.0600. The predicted octanol–water partition coefficient (Wildman–Crippen LogP) is 4.11. The van der Waals surface area contributed by atoms with Crippen molar-refractivity contribution >= 4 is 17.1 Å². The number of aryl methyl sites for hydroxylation is 1. The Bertz CT molecular complexity index is 934. The van der Waals surface area contributed by atoms with Crippen LogP contribution in [0.3, 0.4) is 0 Å². The van der Waals surface area contributed by atoms with Crippen molar-refractivity contribution in [1.29, 1.82) is 5.26 Å². The Hall–Kier alpha value is -3.13. The van der Waals surface area contributed by atoms with Gasteiger partial charge in [0.25, 0.3) is 0 Å². The van der Waals surface area contributed by atoms with Crippen LogP contribution in [0, 0.1) is 11.3 Å². The molecule has 0 spiro atoms. The zero-order chi connectivity index (χ0) is 17.1. The lowest BCUT2D eigenvalue weighted by Gasteiger charge is -2.00. The van der Waals surface area contributed by atoms with Gasteiger partial charge in [-0.25, -0.2) is 9.78 Å². The number of oxazole rings is 1. The van der Waals surface area contributed by atoms with Crippen molar-refractivity contribution in [2.24, 2.45) is 0 Å². The van der Waals surface area contributed by atoms with Crippen LogP contribution in [0.1, 0.15) is 34.8 Å². The van der Waals surface area contributed by atoms with Gasteiger partial charge in [0.15, 0.2) is 5.58 Å². The molecule has 1 aromatic heterocycles. The number of nitriles is 1. The second kappa shape index (κ2) is 6.55. The highest BCUT2D eigenvalue weighted by atomic mass is 16.5. The molecule has 0 aliphatic heterocycles. The van der Waals surface area contributed by atoms with Crippen LogP contribution in [0.5, 0.6) is 0 Å². The number of hydrogen-bond acceptors (Lipinski definition) is 5. The molecule has 24 heavy (non-hydrogen) atoms. The molecule has 0 atom stereocenters. The molecular weight excluding hydrogens is 304 g/mol. The summed E-state index contributed by atoms with van der Waals surface area (Å²) in [5, 5.41) is 9.17. The number of esters is 1. The zero-order valence-corrected chi connectivity index (χ0v) is 13.5. The molecule has 5 heteroatoms. The number of aromatic nitrogens is 1. The fourth-order valence-corrected chi connectivity index (χ4v) is 2.61. The lowest BCUT2D eigenvalue weighted by atomic mass is 10.1. The highest BCUT2D eigenvalue weighted by molar-refractivity contribution is 5.90. The minimum atomic E-state index is -0.386. The summed E-state index contributed by atoms with van der Waals surface area (Å²) in [7, 11) is 1.35. The average Bonchev–Trinajstić information content (AvgIpc) is 3.05. The van der Waals surface area contributed by atoms with Gasteiger partial charge in [0, 0.05) is 5.56 Å². The number of rotatable bonds is 4. The van der Waals surface area contributed by atoms with E-state index in [2.05, 4.69) is 22.7 Å². The highest BCUT2D eigenvalue weighted by Gasteiger charge is 2.14. The van der Waals surface area contributed by atoms with Crippen LogP contribution >= 0.6 is 0 Å². The zero-order valence-electron chi connectivity index (χ0n) is 13.5. The summed E-state index contributed by atoms with van der Waals surface area (Å²) in [4.78, 5) is 16.0. The Morgan fingerprint density at radius 3 is 2.67 bits per heavy atom. The fourth-order valence-electron chi connectivity index (χ4n) is 2.61. The van der Waals surface area contributed by atoms with Crippen LogP contribution < -0.4 is 0 Å². The van der Waals surface area contributed by atoms with E-state index < -0.39 is 0 Å². The molecule has 0 fully saturated rings. The number of nitrogens with zero attached hydrogens (tertiary/aromatic N) is 2. The largest absolute Gasteiger partial charge is 0.465 e. The molecule has 3 aromatic rings. The quantitative estimate of drug-likeness (QED) is 0.676. The first-order valence-electron chi connectivity index (χ1n) is 7.68. The molecule has 0 saturated heterocycles. The Morgan fingerprint density at radius 1 is 1.29 bits per heavy atom. The standard InChI is InChI=1S/C19H16N2O3/c1-3-4-15-9-12(11-20)10-16-17(15)24-18(21-16)13-5-7-14(8-6-13)19(22)23-2/h5-10H,3-4H2,1-2H3. The molecule has 2 aromatic carbocycles. The maximum atomic E-state index is 11.5. The molecule has 0 saturated carbocycles. The minimum absolute atomic E-state index is 0.386. The molecule has 0 N–H and O–H groups in total. The van der Waals surface area contributed by atoms with E-state index in [4.69, 9.17) is 9.68 Å². The first kappa shape index (κ1) is 15.8. The summed E-state index contributed by atoms with van der Waals surface area (Å²) in [5.41, 5.74) is 4.17. The van der Waals surface area contributed by atoms with Crippen LogP contribution in [-0.4, -0.2) is 18.1 Å². The van der Waals surface area contributed by atoms with Crippen molar-refractivity contribution in [3.8, 4) is 17.5 Å². The van der Waals surface area contributed by atoms with Crippen LogP contribution in [0.15, 0.2) is 40.8 Å². The molecule has 0 unspecified atom stereocenters. The van der Waals surface area contributed by atoms with Crippen LogP contribution in [0.2, 0.25) is 0 Å². The highest BCUT2D eigenvalue weighted by Crippen LogP contribution is 2.28. The van der Waals surface area contributed by atoms with Crippen molar-refractivity contribution in [2.45, 2.75) is 19.8 Å². The number of hydrogen-bond donors (Lipinski definition) is 0. The SMILES string of the molecule is CCCc1cc(C#N)cc2nc(-c3ccc(C(=O)OC)cc3)oc12. The number of ether oxygens (including phenoxy) is 1. The van der Waals surface area contributed by atoms with Gasteiger partial charge in [-0.05, 0) is 48.4 Å². The summed E-state index contributed by atoms with van der Waals surface area (Å²) in [6.45, 7) is 2.08. The number of fused-ring (bicyclic) bond motifs is 1. The second-order valence-electron chi connectivity index (χ2n) is 5.43. The maximum absolute atomic E-state index is 11.5. The summed E-state index contributed by atoms with van der Waals surface area (Å²) < 4.78 is 10.6. The van der Waals surface area contributed by atoms with Crippen LogP contribution in [-0.2, 0) is 11.2 Å². The molecule has 0 aliphatic carbocycles. The Kier molecular flexibility index (Phi) is 4.30. The van der Waals surface area contributed by atoms with E-state index >= 15 is 0 Å².